The van der Waals surface area contributed by atoms with E-state index in [2.05, 4.69) is 27.5 Å². The maximum Gasteiger partial charge on any atom is 0.238 e. The second-order valence-electron chi connectivity index (χ2n) is 5.29. The average Bonchev–Trinajstić information content (AvgIpc) is 2.32. The number of carbonyl (C=O) groups is 1. The largest absolute Gasteiger partial charge is 0.352 e. The van der Waals surface area contributed by atoms with Gasteiger partial charge in [0, 0.05) is 25.7 Å². The maximum absolute atomic E-state index is 12.2. The lowest BCUT2D eigenvalue weighted by molar-refractivity contribution is -0.127. The third kappa shape index (κ3) is 3.40. The van der Waals surface area contributed by atoms with Crippen LogP contribution in [0.3, 0.4) is 0 Å². The van der Waals surface area contributed by atoms with Gasteiger partial charge < -0.3 is 15.5 Å². The van der Waals surface area contributed by atoms with E-state index >= 15 is 0 Å². The Morgan fingerprint density at radius 2 is 1.94 bits per heavy atom. The predicted octanol–water partition coefficient (Wildman–Crippen LogP) is -0.900. The van der Waals surface area contributed by atoms with Crippen molar-refractivity contribution < 1.29 is 4.79 Å². The van der Waals surface area contributed by atoms with Crippen LogP contribution in [0.25, 0.3) is 0 Å². The summed E-state index contributed by atoms with van der Waals surface area (Å²) in [5.74, 6) is 0.189. The summed E-state index contributed by atoms with van der Waals surface area (Å²) in [6.07, 6.45) is 2.15. The van der Waals surface area contributed by atoms with E-state index in [9.17, 15) is 4.79 Å². The van der Waals surface area contributed by atoms with Gasteiger partial charge in [0.1, 0.15) is 6.04 Å². The molecule has 0 spiro atoms. The summed E-state index contributed by atoms with van der Waals surface area (Å²) in [6, 6.07) is 0.373. The fraction of sp³-hybridized carbons (Fsp3) is 0.917. The Morgan fingerprint density at radius 3 is 2.59 bits per heavy atom. The lowest BCUT2D eigenvalue weighted by atomic mass is 10.0. The summed E-state index contributed by atoms with van der Waals surface area (Å²) in [5, 5.41) is 6.47. The number of likely N-dealkylation sites (N-methyl/N-ethyl adjacent to an activating group) is 1. The molecule has 0 saturated carbocycles. The highest BCUT2D eigenvalue weighted by molar-refractivity contribution is 5.82. The van der Waals surface area contributed by atoms with Crippen LogP contribution in [-0.2, 0) is 4.79 Å². The van der Waals surface area contributed by atoms with Crippen molar-refractivity contribution in [2.75, 3.05) is 46.8 Å². The molecule has 2 fully saturated rings. The lowest BCUT2D eigenvalue weighted by Crippen LogP contribution is -2.58. The van der Waals surface area contributed by atoms with E-state index in [0.717, 1.165) is 45.6 Å². The average molecular weight is 240 g/mol. The molecule has 1 unspecified atom stereocenters. The van der Waals surface area contributed by atoms with Crippen molar-refractivity contribution in [1.29, 1.82) is 0 Å². The number of rotatable bonds is 2. The molecule has 17 heavy (non-hydrogen) atoms. The second kappa shape index (κ2) is 5.80. The van der Waals surface area contributed by atoms with E-state index in [0.29, 0.717) is 6.04 Å². The van der Waals surface area contributed by atoms with Gasteiger partial charge in [-0.15, -0.1) is 0 Å². The van der Waals surface area contributed by atoms with Crippen molar-refractivity contribution in [1.82, 2.24) is 20.4 Å². The normalized spacial score (nSPS) is 29.2. The summed E-state index contributed by atoms with van der Waals surface area (Å²) < 4.78 is 0. The van der Waals surface area contributed by atoms with Gasteiger partial charge in [-0.05, 0) is 40.0 Å². The molecule has 5 heteroatoms. The first-order chi connectivity index (χ1) is 8.16. The molecule has 98 valence electrons. The zero-order chi connectivity index (χ0) is 12.3. The molecule has 0 aromatic carbocycles. The minimum atomic E-state index is 0.00315. The number of piperidine rings is 1. The number of likely N-dealkylation sites (tertiary alicyclic amines) is 1. The molecule has 0 aromatic rings. The van der Waals surface area contributed by atoms with E-state index in [4.69, 9.17) is 0 Å². The van der Waals surface area contributed by atoms with E-state index in [-0.39, 0.29) is 11.9 Å². The molecule has 0 bridgehead atoms. The molecule has 2 aliphatic heterocycles. The number of hydrogen-bond donors (Lipinski definition) is 2. The predicted molar refractivity (Wildman–Crippen MR) is 67.9 cm³/mol. The number of amides is 1. The van der Waals surface area contributed by atoms with E-state index in [1.807, 2.05) is 7.05 Å². The van der Waals surface area contributed by atoms with E-state index in [1.54, 1.807) is 0 Å². The Morgan fingerprint density at radius 1 is 1.24 bits per heavy atom. The summed E-state index contributed by atoms with van der Waals surface area (Å²) in [7, 11) is 4.16. The van der Waals surface area contributed by atoms with Crippen LogP contribution in [0, 0.1) is 0 Å². The molecule has 0 aromatic heterocycles. The van der Waals surface area contributed by atoms with Crippen LogP contribution < -0.4 is 10.6 Å². The summed E-state index contributed by atoms with van der Waals surface area (Å²) in [4.78, 5) is 16.6. The molecule has 2 saturated heterocycles. The number of nitrogens with one attached hydrogen (secondary N) is 2. The molecule has 0 radical (unpaired) electrons. The fourth-order valence-electron chi connectivity index (χ4n) is 2.55. The summed E-state index contributed by atoms with van der Waals surface area (Å²) in [5.41, 5.74) is 0. The van der Waals surface area contributed by atoms with Gasteiger partial charge in [-0.1, -0.05) is 0 Å². The zero-order valence-corrected chi connectivity index (χ0v) is 10.9. The first-order valence-corrected chi connectivity index (χ1v) is 6.56. The van der Waals surface area contributed by atoms with Crippen LogP contribution >= 0.6 is 0 Å². The van der Waals surface area contributed by atoms with Crippen LogP contribution in [-0.4, -0.2) is 74.6 Å². The van der Waals surface area contributed by atoms with E-state index < -0.39 is 0 Å². The van der Waals surface area contributed by atoms with Crippen molar-refractivity contribution in [3.63, 3.8) is 0 Å². The van der Waals surface area contributed by atoms with Crippen LogP contribution in [0.5, 0.6) is 0 Å². The van der Waals surface area contributed by atoms with Gasteiger partial charge in [0.2, 0.25) is 5.91 Å². The highest BCUT2D eigenvalue weighted by Crippen LogP contribution is 2.09. The molecule has 2 N–H and O–H groups in total. The van der Waals surface area contributed by atoms with Crippen molar-refractivity contribution in [3.8, 4) is 0 Å². The lowest BCUT2D eigenvalue weighted by Gasteiger charge is -2.35. The highest BCUT2D eigenvalue weighted by atomic mass is 16.2. The molecule has 1 atom stereocenters. The van der Waals surface area contributed by atoms with Gasteiger partial charge >= 0.3 is 0 Å². The number of nitrogens with zero attached hydrogens (tertiary/aromatic N) is 2. The van der Waals surface area contributed by atoms with Gasteiger partial charge in [0.05, 0.1) is 0 Å². The Kier molecular flexibility index (Phi) is 4.36. The van der Waals surface area contributed by atoms with Gasteiger partial charge in [0.15, 0.2) is 0 Å². The van der Waals surface area contributed by atoms with Crippen LogP contribution in [0.4, 0.5) is 0 Å². The number of carbonyl (C=O) groups excluding carboxylic acids is 1. The summed E-state index contributed by atoms with van der Waals surface area (Å²) >= 11 is 0. The van der Waals surface area contributed by atoms with Crippen LogP contribution in [0.1, 0.15) is 12.8 Å². The first kappa shape index (κ1) is 12.8. The highest BCUT2D eigenvalue weighted by Gasteiger charge is 2.28. The van der Waals surface area contributed by atoms with Crippen LogP contribution in [0.2, 0.25) is 0 Å². The molecule has 2 aliphatic rings. The standard InChI is InChI=1S/C12H24N4O/c1-15-6-3-10(4-7-15)14-12(17)11-9-13-5-8-16(11)2/h10-11,13H,3-9H2,1-2H3,(H,14,17). The smallest absolute Gasteiger partial charge is 0.238 e. The molecular weight excluding hydrogens is 216 g/mol. The molecule has 2 rings (SSSR count). The van der Waals surface area contributed by atoms with Crippen molar-refractivity contribution in [2.24, 2.45) is 0 Å². The molecule has 5 nitrogen and oxygen atoms in total. The van der Waals surface area contributed by atoms with Crippen LogP contribution in [0.15, 0.2) is 0 Å². The van der Waals surface area contributed by atoms with Gasteiger partial charge in [0.25, 0.3) is 0 Å². The molecule has 0 aliphatic carbocycles. The number of hydrogen-bond acceptors (Lipinski definition) is 4. The fourth-order valence-corrected chi connectivity index (χ4v) is 2.55. The van der Waals surface area contributed by atoms with Gasteiger partial charge in [-0.25, -0.2) is 0 Å². The van der Waals surface area contributed by atoms with Gasteiger partial charge in [-0.3, -0.25) is 9.69 Å². The SMILES string of the molecule is CN1CCC(NC(=O)C2CNCCN2C)CC1. The molecule has 1 amide bonds. The minimum Gasteiger partial charge on any atom is -0.352 e. The van der Waals surface area contributed by atoms with Crippen molar-refractivity contribution in [3.05, 3.63) is 0 Å². The first-order valence-electron chi connectivity index (χ1n) is 6.56. The Hall–Kier alpha value is -0.650. The van der Waals surface area contributed by atoms with Crippen molar-refractivity contribution >= 4 is 5.91 Å². The van der Waals surface area contributed by atoms with Crippen molar-refractivity contribution in [2.45, 2.75) is 24.9 Å². The van der Waals surface area contributed by atoms with Gasteiger partial charge in [-0.2, -0.15) is 0 Å². The topological polar surface area (TPSA) is 47.6 Å². The second-order valence-corrected chi connectivity index (χ2v) is 5.29. The third-order valence-corrected chi connectivity index (χ3v) is 3.88. The monoisotopic (exact) mass is 240 g/mol. The molecular formula is C12H24N4O. The minimum absolute atomic E-state index is 0.00315. The Labute approximate surface area is 104 Å². The maximum atomic E-state index is 12.2. The zero-order valence-electron chi connectivity index (χ0n) is 10.9. The quantitative estimate of drug-likeness (QED) is 0.657. The summed E-state index contributed by atoms with van der Waals surface area (Å²) in [6.45, 7) is 4.88. The molecule has 2 heterocycles. The third-order valence-electron chi connectivity index (χ3n) is 3.88. The Balaban J connectivity index is 1.79. The number of piperazine rings is 1. The van der Waals surface area contributed by atoms with E-state index in [1.165, 1.54) is 0 Å². The Bertz CT molecular complexity index is 263.